The standard InChI is InChI=1S/C13H22N2O/c14-10-13-3-7-15(11-13)6-1-2-12-4-8-16-9-5-12/h12-13H,1-9,11H2. The summed E-state index contributed by atoms with van der Waals surface area (Å²) in [5.74, 6) is 1.19. The zero-order valence-electron chi connectivity index (χ0n) is 10.0. The molecule has 90 valence electrons. The van der Waals surface area contributed by atoms with E-state index in [4.69, 9.17) is 10.00 Å². The molecule has 0 radical (unpaired) electrons. The molecule has 2 saturated heterocycles. The third-order valence-electron chi connectivity index (χ3n) is 3.88. The predicted octanol–water partition coefficient (Wildman–Crippen LogP) is 2.04. The van der Waals surface area contributed by atoms with Gasteiger partial charge >= 0.3 is 0 Å². The molecule has 1 atom stereocenters. The van der Waals surface area contributed by atoms with Crippen molar-refractivity contribution in [2.24, 2.45) is 11.8 Å². The molecule has 0 spiro atoms. The van der Waals surface area contributed by atoms with Crippen molar-refractivity contribution in [1.29, 1.82) is 5.26 Å². The van der Waals surface area contributed by atoms with E-state index in [0.717, 1.165) is 38.6 Å². The maximum atomic E-state index is 8.82. The van der Waals surface area contributed by atoms with E-state index in [1.54, 1.807) is 0 Å². The lowest BCUT2D eigenvalue weighted by Crippen LogP contribution is -2.23. The van der Waals surface area contributed by atoms with Gasteiger partial charge in [0.15, 0.2) is 0 Å². The van der Waals surface area contributed by atoms with Crippen LogP contribution < -0.4 is 0 Å². The minimum atomic E-state index is 0.295. The van der Waals surface area contributed by atoms with E-state index in [9.17, 15) is 0 Å². The molecular formula is C13H22N2O. The summed E-state index contributed by atoms with van der Waals surface area (Å²) in [5, 5.41) is 8.82. The van der Waals surface area contributed by atoms with Crippen molar-refractivity contribution in [3.05, 3.63) is 0 Å². The predicted molar refractivity (Wildman–Crippen MR) is 62.9 cm³/mol. The van der Waals surface area contributed by atoms with E-state index in [2.05, 4.69) is 11.0 Å². The van der Waals surface area contributed by atoms with E-state index in [0.29, 0.717) is 5.92 Å². The first-order valence-corrected chi connectivity index (χ1v) is 6.58. The number of hydrogen-bond donors (Lipinski definition) is 0. The highest BCUT2D eigenvalue weighted by molar-refractivity contribution is 4.90. The van der Waals surface area contributed by atoms with Crippen molar-refractivity contribution in [3.8, 4) is 6.07 Å². The van der Waals surface area contributed by atoms with E-state index in [-0.39, 0.29) is 0 Å². The Labute approximate surface area is 98.4 Å². The van der Waals surface area contributed by atoms with Crippen molar-refractivity contribution in [1.82, 2.24) is 4.90 Å². The van der Waals surface area contributed by atoms with Gasteiger partial charge < -0.3 is 9.64 Å². The van der Waals surface area contributed by atoms with Crippen LogP contribution in [0.15, 0.2) is 0 Å². The summed E-state index contributed by atoms with van der Waals surface area (Å²) < 4.78 is 5.36. The molecule has 2 heterocycles. The second-order valence-corrected chi connectivity index (χ2v) is 5.11. The summed E-state index contributed by atoms with van der Waals surface area (Å²) in [6, 6.07) is 2.38. The third-order valence-corrected chi connectivity index (χ3v) is 3.88. The summed E-state index contributed by atoms with van der Waals surface area (Å²) in [6.07, 6.45) is 6.22. The van der Waals surface area contributed by atoms with E-state index < -0.39 is 0 Å². The highest BCUT2D eigenvalue weighted by atomic mass is 16.5. The fraction of sp³-hybridized carbons (Fsp3) is 0.923. The molecule has 0 aliphatic carbocycles. The molecule has 3 heteroatoms. The number of likely N-dealkylation sites (tertiary alicyclic amines) is 1. The minimum absolute atomic E-state index is 0.295. The summed E-state index contributed by atoms with van der Waals surface area (Å²) in [7, 11) is 0. The second-order valence-electron chi connectivity index (χ2n) is 5.11. The van der Waals surface area contributed by atoms with E-state index in [1.165, 1.54) is 32.2 Å². The second kappa shape index (κ2) is 6.22. The Balaban J connectivity index is 1.56. The monoisotopic (exact) mass is 222 g/mol. The van der Waals surface area contributed by atoms with Crippen LogP contribution in [0.2, 0.25) is 0 Å². The summed E-state index contributed by atoms with van der Waals surface area (Å²) in [4.78, 5) is 2.45. The highest BCUT2D eigenvalue weighted by Gasteiger charge is 2.21. The highest BCUT2D eigenvalue weighted by Crippen LogP contribution is 2.21. The Hall–Kier alpha value is -0.590. The van der Waals surface area contributed by atoms with Gasteiger partial charge in [0.25, 0.3) is 0 Å². The van der Waals surface area contributed by atoms with Crippen LogP contribution in [0.25, 0.3) is 0 Å². The molecule has 2 aliphatic rings. The first-order chi connectivity index (χ1) is 7.88. The number of hydrogen-bond acceptors (Lipinski definition) is 3. The fourth-order valence-corrected chi connectivity index (χ4v) is 2.78. The molecule has 1 unspecified atom stereocenters. The Morgan fingerprint density at radius 1 is 1.25 bits per heavy atom. The van der Waals surface area contributed by atoms with Gasteiger partial charge in [-0.3, -0.25) is 0 Å². The number of ether oxygens (including phenoxy) is 1. The van der Waals surface area contributed by atoms with Crippen LogP contribution in [-0.4, -0.2) is 37.7 Å². The van der Waals surface area contributed by atoms with Crippen LogP contribution in [0.5, 0.6) is 0 Å². The third kappa shape index (κ3) is 3.47. The summed E-state index contributed by atoms with van der Waals surface area (Å²) in [6.45, 7) is 5.25. The number of nitrogens with zero attached hydrogens (tertiary/aromatic N) is 2. The number of rotatable bonds is 4. The van der Waals surface area contributed by atoms with E-state index in [1.807, 2.05) is 0 Å². The van der Waals surface area contributed by atoms with Crippen molar-refractivity contribution in [2.45, 2.75) is 32.1 Å². The SMILES string of the molecule is N#CC1CCN(CCCC2CCOCC2)C1. The first kappa shape index (κ1) is 11.9. The van der Waals surface area contributed by atoms with Gasteiger partial charge in [-0.2, -0.15) is 5.26 Å². The lowest BCUT2D eigenvalue weighted by molar-refractivity contribution is 0.0625. The Bertz CT molecular complexity index is 243. The average Bonchev–Trinajstić information content (AvgIpc) is 2.78. The van der Waals surface area contributed by atoms with Gasteiger partial charge in [0.05, 0.1) is 12.0 Å². The lowest BCUT2D eigenvalue weighted by Gasteiger charge is -2.23. The zero-order valence-corrected chi connectivity index (χ0v) is 10.0. The molecule has 2 fully saturated rings. The largest absolute Gasteiger partial charge is 0.381 e. The van der Waals surface area contributed by atoms with Crippen LogP contribution >= 0.6 is 0 Å². The van der Waals surface area contributed by atoms with Gasteiger partial charge in [0, 0.05) is 19.8 Å². The Morgan fingerprint density at radius 2 is 2.06 bits per heavy atom. The molecular weight excluding hydrogens is 200 g/mol. The molecule has 0 N–H and O–H groups in total. The van der Waals surface area contributed by atoms with Gasteiger partial charge in [-0.05, 0) is 51.1 Å². The molecule has 0 saturated carbocycles. The van der Waals surface area contributed by atoms with Crippen molar-refractivity contribution in [3.63, 3.8) is 0 Å². The first-order valence-electron chi connectivity index (χ1n) is 6.58. The van der Waals surface area contributed by atoms with Crippen molar-refractivity contribution < 1.29 is 4.74 Å². The smallest absolute Gasteiger partial charge is 0.0669 e. The van der Waals surface area contributed by atoms with Crippen LogP contribution in [0.1, 0.15) is 32.1 Å². The molecule has 2 rings (SSSR count). The Morgan fingerprint density at radius 3 is 2.75 bits per heavy atom. The van der Waals surface area contributed by atoms with Crippen LogP contribution in [0, 0.1) is 23.2 Å². The van der Waals surface area contributed by atoms with Crippen LogP contribution in [-0.2, 0) is 4.74 Å². The molecule has 0 amide bonds. The van der Waals surface area contributed by atoms with Gasteiger partial charge in [0.2, 0.25) is 0 Å². The Kier molecular flexibility index (Phi) is 4.62. The average molecular weight is 222 g/mol. The summed E-state index contributed by atoms with van der Waals surface area (Å²) >= 11 is 0. The topological polar surface area (TPSA) is 36.3 Å². The van der Waals surface area contributed by atoms with Crippen LogP contribution in [0.4, 0.5) is 0 Å². The van der Waals surface area contributed by atoms with E-state index >= 15 is 0 Å². The maximum absolute atomic E-state index is 8.82. The fourth-order valence-electron chi connectivity index (χ4n) is 2.78. The molecule has 0 aromatic rings. The van der Waals surface area contributed by atoms with Gasteiger partial charge in [0.1, 0.15) is 0 Å². The van der Waals surface area contributed by atoms with Gasteiger partial charge in [-0.1, -0.05) is 0 Å². The normalized spacial score (nSPS) is 28.1. The number of nitriles is 1. The maximum Gasteiger partial charge on any atom is 0.0669 e. The molecule has 0 aromatic carbocycles. The molecule has 16 heavy (non-hydrogen) atoms. The zero-order chi connectivity index (χ0) is 11.2. The molecule has 3 nitrogen and oxygen atoms in total. The van der Waals surface area contributed by atoms with Gasteiger partial charge in [-0.25, -0.2) is 0 Å². The van der Waals surface area contributed by atoms with Crippen LogP contribution in [0.3, 0.4) is 0 Å². The molecule has 2 aliphatic heterocycles. The van der Waals surface area contributed by atoms with Crippen molar-refractivity contribution >= 4 is 0 Å². The molecule has 0 aromatic heterocycles. The lowest BCUT2D eigenvalue weighted by atomic mass is 9.95. The van der Waals surface area contributed by atoms with Crippen molar-refractivity contribution in [2.75, 3.05) is 32.8 Å². The summed E-state index contributed by atoms with van der Waals surface area (Å²) in [5.41, 5.74) is 0. The molecule has 0 bridgehead atoms. The minimum Gasteiger partial charge on any atom is -0.381 e. The van der Waals surface area contributed by atoms with Gasteiger partial charge in [-0.15, -0.1) is 0 Å². The quantitative estimate of drug-likeness (QED) is 0.730.